The molecule has 10 nitrogen and oxygen atoms in total. The Morgan fingerprint density at radius 2 is 1.43 bits per heavy atom. The number of piperazine rings is 1. The number of hydrogen-bond donors (Lipinski definition) is 0. The molecule has 0 saturated carbocycles. The van der Waals surface area contributed by atoms with Crippen molar-refractivity contribution >= 4 is 38.9 Å². The standard InChI is InChI=1S/C28H32ClN3O7S/c1-36-24-8-6-5-7-22(24)30-13-15-31(16-14-30)28(33)19-32(23-17-20(29)9-11-25(23)37-2)40(34,35)21-10-12-26(38-3)27(18-21)39-4/h5-12,17-18H,13-16,19H2,1-4H3. The van der Waals surface area contributed by atoms with Crippen molar-refractivity contribution in [3.63, 3.8) is 0 Å². The summed E-state index contributed by atoms with van der Waals surface area (Å²) in [5, 5.41) is 0.293. The summed E-state index contributed by atoms with van der Waals surface area (Å²) < 4.78 is 50.6. The van der Waals surface area contributed by atoms with E-state index in [2.05, 4.69) is 4.90 Å². The van der Waals surface area contributed by atoms with Gasteiger partial charge in [-0.3, -0.25) is 9.10 Å². The predicted molar refractivity (Wildman–Crippen MR) is 154 cm³/mol. The van der Waals surface area contributed by atoms with Crippen LogP contribution in [0.3, 0.4) is 0 Å². The average molecular weight is 590 g/mol. The molecule has 40 heavy (non-hydrogen) atoms. The summed E-state index contributed by atoms with van der Waals surface area (Å²) in [4.78, 5) is 17.3. The van der Waals surface area contributed by atoms with E-state index in [1.54, 1.807) is 24.1 Å². The molecule has 0 aliphatic carbocycles. The molecule has 1 aliphatic rings. The van der Waals surface area contributed by atoms with E-state index < -0.39 is 16.6 Å². The van der Waals surface area contributed by atoms with E-state index in [1.807, 2.05) is 24.3 Å². The molecule has 4 rings (SSSR count). The van der Waals surface area contributed by atoms with E-state index in [-0.39, 0.29) is 28.0 Å². The molecule has 1 amide bonds. The summed E-state index contributed by atoms with van der Waals surface area (Å²) in [6.45, 7) is 1.49. The quantitative estimate of drug-likeness (QED) is 0.351. The minimum atomic E-state index is -4.27. The zero-order valence-corrected chi connectivity index (χ0v) is 24.4. The number of amides is 1. The SMILES string of the molecule is COc1ccc(S(=O)(=O)N(CC(=O)N2CCN(c3ccccc3OC)CC2)c2cc(Cl)ccc2OC)cc1OC. The Bertz CT molecular complexity index is 1460. The minimum Gasteiger partial charge on any atom is -0.495 e. The molecule has 0 unspecified atom stereocenters. The van der Waals surface area contributed by atoms with Gasteiger partial charge in [-0.2, -0.15) is 0 Å². The number of rotatable bonds is 10. The third-order valence-corrected chi connectivity index (χ3v) is 8.68. The smallest absolute Gasteiger partial charge is 0.265 e. The van der Waals surface area contributed by atoms with Crippen LogP contribution in [0, 0.1) is 0 Å². The van der Waals surface area contributed by atoms with E-state index >= 15 is 0 Å². The molecule has 0 N–H and O–H groups in total. The zero-order chi connectivity index (χ0) is 28.9. The molecule has 3 aromatic carbocycles. The van der Waals surface area contributed by atoms with E-state index in [9.17, 15) is 13.2 Å². The van der Waals surface area contributed by atoms with Crippen molar-refractivity contribution in [1.82, 2.24) is 4.90 Å². The number of nitrogens with zero attached hydrogens (tertiary/aromatic N) is 3. The van der Waals surface area contributed by atoms with Crippen LogP contribution in [0.25, 0.3) is 0 Å². The van der Waals surface area contributed by atoms with Gasteiger partial charge in [-0.15, -0.1) is 0 Å². The number of ether oxygens (including phenoxy) is 4. The highest BCUT2D eigenvalue weighted by molar-refractivity contribution is 7.92. The van der Waals surface area contributed by atoms with Gasteiger partial charge in [0, 0.05) is 37.3 Å². The third-order valence-electron chi connectivity index (χ3n) is 6.69. The van der Waals surface area contributed by atoms with Gasteiger partial charge in [0.25, 0.3) is 10.0 Å². The van der Waals surface area contributed by atoms with Gasteiger partial charge in [0.2, 0.25) is 5.91 Å². The lowest BCUT2D eigenvalue weighted by Crippen LogP contribution is -2.52. The number of carbonyl (C=O) groups is 1. The number of para-hydroxylation sites is 2. The van der Waals surface area contributed by atoms with Crippen LogP contribution in [0.5, 0.6) is 23.0 Å². The maximum atomic E-state index is 14.0. The van der Waals surface area contributed by atoms with E-state index in [0.29, 0.717) is 37.0 Å². The molecule has 1 fully saturated rings. The third kappa shape index (κ3) is 6.00. The predicted octanol–water partition coefficient (Wildman–Crippen LogP) is 3.92. The van der Waals surface area contributed by atoms with Crippen LogP contribution >= 0.6 is 11.6 Å². The topological polar surface area (TPSA) is 97.9 Å². The molecule has 0 bridgehead atoms. The highest BCUT2D eigenvalue weighted by Gasteiger charge is 2.33. The molecule has 0 atom stereocenters. The Morgan fingerprint density at radius 3 is 2.08 bits per heavy atom. The van der Waals surface area contributed by atoms with Gasteiger partial charge < -0.3 is 28.7 Å². The second kappa shape index (κ2) is 12.6. The highest BCUT2D eigenvalue weighted by atomic mass is 35.5. The van der Waals surface area contributed by atoms with E-state index in [0.717, 1.165) is 15.7 Å². The van der Waals surface area contributed by atoms with Crippen LogP contribution in [0.2, 0.25) is 5.02 Å². The number of methoxy groups -OCH3 is 4. The summed E-state index contributed by atoms with van der Waals surface area (Å²) in [5.41, 5.74) is 1.09. The molecule has 1 aliphatic heterocycles. The molecule has 0 spiro atoms. The number of hydrogen-bond acceptors (Lipinski definition) is 8. The summed E-state index contributed by atoms with van der Waals surface area (Å²) in [6, 6.07) is 16.6. The molecule has 0 radical (unpaired) electrons. The van der Waals surface area contributed by atoms with Gasteiger partial charge in [0.1, 0.15) is 18.0 Å². The highest BCUT2D eigenvalue weighted by Crippen LogP contribution is 2.37. The van der Waals surface area contributed by atoms with Crippen LogP contribution < -0.4 is 28.2 Å². The van der Waals surface area contributed by atoms with E-state index in [4.69, 9.17) is 30.5 Å². The van der Waals surface area contributed by atoms with Crippen LogP contribution in [-0.4, -0.2) is 80.4 Å². The molecule has 0 aromatic heterocycles. The Morgan fingerprint density at radius 1 is 0.800 bits per heavy atom. The molecular formula is C28H32ClN3O7S. The first-order chi connectivity index (χ1) is 19.2. The summed E-state index contributed by atoms with van der Waals surface area (Å²) >= 11 is 6.26. The first-order valence-electron chi connectivity index (χ1n) is 12.5. The van der Waals surface area contributed by atoms with Crippen molar-refractivity contribution in [2.24, 2.45) is 0 Å². The van der Waals surface area contributed by atoms with Crippen LogP contribution in [0.4, 0.5) is 11.4 Å². The van der Waals surface area contributed by atoms with Crippen molar-refractivity contribution in [1.29, 1.82) is 0 Å². The van der Waals surface area contributed by atoms with Gasteiger partial charge in [-0.25, -0.2) is 8.42 Å². The van der Waals surface area contributed by atoms with Crippen molar-refractivity contribution in [2.75, 3.05) is 70.4 Å². The van der Waals surface area contributed by atoms with Crippen molar-refractivity contribution in [3.05, 3.63) is 65.7 Å². The fourth-order valence-corrected chi connectivity index (χ4v) is 6.17. The summed E-state index contributed by atoms with van der Waals surface area (Å²) in [7, 11) is 1.65. The van der Waals surface area contributed by atoms with E-state index in [1.165, 1.54) is 45.6 Å². The Labute approximate surface area is 239 Å². The minimum absolute atomic E-state index is 0.0824. The van der Waals surface area contributed by atoms with Crippen molar-refractivity contribution < 1.29 is 32.2 Å². The first kappa shape index (κ1) is 29.2. The second-order valence-corrected chi connectivity index (χ2v) is 11.2. The number of anilines is 2. The average Bonchev–Trinajstić information content (AvgIpc) is 2.99. The molecule has 1 saturated heterocycles. The lowest BCUT2D eigenvalue weighted by molar-refractivity contribution is -0.129. The van der Waals surface area contributed by atoms with Gasteiger partial charge in [-0.05, 0) is 42.5 Å². The molecule has 3 aromatic rings. The largest absolute Gasteiger partial charge is 0.495 e. The lowest BCUT2D eigenvalue weighted by Gasteiger charge is -2.37. The Balaban J connectivity index is 1.64. The molecular weight excluding hydrogens is 558 g/mol. The Hall–Kier alpha value is -3.83. The normalized spacial score (nSPS) is 13.5. The number of sulfonamides is 1. The van der Waals surface area contributed by atoms with Gasteiger partial charge >= 0.3 is 0 Å². The monoisotopic (exact) mass is 589 g/mol. The zero-order valence-electron chi connectivity index (χ0n) is 22.8. The van der Waals surface area contributed by atoms with Crippen molar-refractivity contribution in [3.8, 4) is 23.0 Å². The second-order valence-electron chi connectivity index (χ2n) is 8.88. The van der Waals surface area contributed by atoms with Gasteiger partial charge in [0.15, 0.2) is 11.5 Å². The fourth-order valence-electron chi connectivity index (χ4n) is 4.57. The number of carbonyl (C=O) groups excluding carboxylic acids is 1. The molecule has 12 heteroatoms. The first-order valence-corrected chi connectivity index (χ1v) is 14.3. The van der Waals surface area contributed by atoms with Gasteiger partial charge in [-0.1, -0.05) is 23.7 Å². The van der Waals surface area contributed by atoms with Crippen LogP contribution in [0.1, 0.15) is 0 Å². The summed E-state index contributed by atoms with van der Waals surface area (Å²) in [6.07, 6.45) is 0. The maximum absolute atomic E-state index is 14.0. The number of benzene rings is 3. The molecule has 214 valence electrons. The summed E-state index contributed by atoms with van der Waals surface area (Å²) in [5.74, 6) is 1.26. The number of halogens is 1. The lowest BCUT2D eigenvalue weighted by atomic mass is 10.2. The molecule has 1 heterocycles. The fraction of sp³-hybridized carbons (Fsp3) is 0.321. The van der Waals surface area contributed by atoms with Crippen LogP contribution in [0.15, 0.2) is 65.6 Å². The maximum Gasteiger partial charge on any atom is 0.265 e. The van der Waals surface area contributed by atoms with Crippen molar-refractivity contribution in [2.45, 2.75) is 4.90 Å². The Kier molecular flexibility index (Phi) is 9.16. The van der Waals surface area contributed by atoms with Gasteiger partial charge in [0.05, 0.1) is 44.7 Å². The van der Waals surface area contributed by atoms with Crippen LogP contribution in [-0.2, 0) is 14.8 Å².